The molecule has 6 fully saturated rings. The van der Waals surface area contributed by atoms with Crippen molar-refractivity contribution >= 4 is 21.3 Å². The molecule has 0 aromatic heterocycles. The van der Waals surface area contributed by atoms with E-state index >= 15 is 0 Å². The molecule has 6 rings (SSSR count). The summed E-state index contributed by atoms with van der Waals surface area (Å²) >= 11 is -2.13. The van der Waals surface area contributed by atoms with Crippen LogP contribution in [0.4, 0.5) is 0 Å². The molecule has 6 saturated carbocycles. The van der Waals surface area contributed by atoms with Gasteiger partial charge in [-0.15, -0.1) is 0 Å². The van der Waals surface area contributed by atoms with Gasteiger partial charge in [0.1, 0.15) is 0 Å². The summed E-state index contributed by atoms with van der Waals surface area (Å²) in [6.07, 6.45) is 39.8. The van der Waals surface area contributed by atoms with Gasteiger partial charge in [-0.1, -0.05) is 0 Å². The second kappa shape index (κ2) is 10.9. The van der Waals surface area contributed by atoms with Crippen molar-refractivity contribution in [3.05, 3.63) is 0 Å². The van der Waals surface area contributed by atoms with Crippen molar-refractivity contribution in [1.82, 2.24) is 0 Å². The maximum absolute atomic E-state index is 3.14. The molecule has 0 aromatic rings. The topological polar surface area (TPSA) is 0 Å². The Kier molecular flexibility index (Phi) is 8.00. The molecule has 1 unspecified atom stereocenters. The Morgan fingerprint density at radius 3 is 0.912 bits per heavy atom. The molecule has 0 bridgehead atoms. The third-order valence-corrected chi connectivity index (χ3v) is 42.8. The zero-order valence-corrected chi connectivity index (χ0v) is 26.1. The Morgan fingerprint density at radius 1 is 0.412 bits per heavy atom. The van der Waals surface area contributed by atoms with Crippen molar-refractivity contribution in [3.8, 4) is 0 Å². The van der Waals surface area contributed by atoms with Gasteiger partial charge in [0.25, 0.3) is 0 Å². The predicted molar refractivity (Wildman–Crippen MR) is 154 cm³/mol. The number of hydrogen-bond acceptors (Lipinski definition) is 0. The first-order chi connectivity index (χ1) is 16.8. The molecule has 0 aromatic carbocycles. The van der Waals surface area contributed by atoms with Crippen LogP contribution in [0.15, 0.2) is 0 Å². The van der Waals surface area contributed by atoms with Crippen LogP contribution in [0.2, 0.25) is 35.2 Å². The number of rotatable bonds is 8. The molecule has 0 aliphatic heterocycles. The van der Waals surface area contributed by atoms with Crippen LogP contribution in [0.25, 0.3) is 0 Å². The van der Waals surface area contributed by atoms with Gasteiger partial charge in [0.2, 0.25) is 0 Å². The average Bonchev–Trinajstić information content (AvgIpc) is 3.71. The Balaban J connectivity index is 1.52. The molecule has 194 valence electrons. The van der Waals surface area contributed by atoms with Crippen molar-refractivity contribution < 1.29 is 0 Å². The Bertz CT molecular complexity index is 500. The van der Waals surface area contributed by atoms with Gasteiger partial charge >= 0.3 is 218 Å². The van der Waals surface area contributed by atoms with Crippen molar-refractivity contribution in [3.63, 3.8) is 0 Å². The van der Waals surface area contributed by atoms with E-state index in [1.807, 2.05) is 0 Å². The van der Waals surface area contributed by atoms with E-state index in [9.17, 15) is 0 Å². The maximum atomic E-state index is 3.14. The van der Waals surface area contributed by atoms with E-state index in [0.717, 1.165) is 0 Å². The fraction of sp³-hybridized carbons (Fsp3) is 1.00. The SMILES string of the molecule is C[CH]([Si](C1CCCC1)(C1CCCC1)C1CCCC1)[Ge]([CH]1CCCC1)([CH]1CCCC1)[CH]1CCCC1. The minimum absolute atomic E-state index is 1.27. The van der Waals surface area contributed by atoms with Crippen LogP contribution in [0, 0.1) is 0 Å². The fourth-order valence-electron chi connectivity index (χ4n) is 13.1. The summed E-state index contributed by atoms with van der Waals surface area (Å²) in [6.45, 7) is 3.14. The standard InChI is InChI=1S/C32H58GeSi/c1-26(33(27-14-2-3-15-27,28-16-4-5-17-28)29-18-6-7-19-29)34(30-20-8-9-21-30,31-22-10-11-23-31)32-24-12-13-25-32/h26-32H,2-25H2,1H3. The average molecular weight is 544 g/mol. The Labute approximate surface area is 217 Å². The van der Waals surface area contributed by atoms with Crippen molar-refractivity contribution in [1.29, 1.82) is 0 Å². The third-order valence-electron chi connectivity index (χ3n) is 13.9. The molecule has 0 spiro atoms. The molecule has 1 atom stereocenters. The first-order valence-electron chi connectivity index (χ1n) is 16.8. The zero-order chi connectivity index (χ0) is 23.0. The van der Waals surface area contributed by atoms with Gasteiger partial charge in [0.15, 0.2) is 0 Å². The van der Waals surface area contributed by atoms with Crippen molar-refractivity contribution in [2.24, 2.45) is 0 Å². The fourth-order valence-corrected chi connectivity index (χ4v) is 53.4. The summed E-state index contributed by atoms with van der Waals surface area (Å²) in [4.78, 5) is 0. The van der Waals surface area contributed by atoms with Crippen LogP contribution in [0.5, 0.6) is 0 Å². The van der Waals surface area contributed by atoms with E-state index in [4.69, 9.17) is 0 Å². The molecule has 0 nitrogen and oxygen atoms in total. The molecule has 0 radical (unpaired) electrons. The van der Waals surface area contributed by atoms with Crippen LogP contribution >= 0.6 is 0 Å². The van der Waals surface area contributed by atoms with E-state index in [0.29, 0.717) is 0 Å². The molecule has 0 amide bonds. The van der Waals surface area contributed by atoms with Gasteiger partial charge in [-0.3, -0.25) is 0 Å². The predicted octanol–water partition coefficient (Wildman–Crippen LogP) is 11.5. The molecule has 2 heteroatoms. The summed E-state index contributed by atoms with van der Waals surface area (Å²) < 4.78 is 5.24. The summed E-state index contributed by atoms with van der Waals surface area (Å²) in [6, 6.07) is 0. The van der Waals surface area contributed by atoms with Gasteiger partial charge in [-0.2, -0.15) is 0 Å². The molecular formula is C32H58GeSi. The van der Waals surface area contributed by atoms with Crippen LogP contribution in [0.3, 0.4) is 0 Å². The van der Waals surface area contributed by atoms with Crippen LogP contribution in [-0.2, 0) is 0 Å². The van der Waals surface area contributed by atoms with Gasteiger partial charge < -0.3 is 0 Å². The van der Waals surface area contributed by atoms with E-state index in [1.165, 1.54) is 35.2 Å². The monoisotopic (exact) mass is 544 g/mol. The molecule has 34 heavy (non-hydrogen) atoms. The first-order valence-corrected chi connectivity index (χ1v) is 23.9. The van der Waals surface area contributed by atoms with Gasteiger partial charge in [-0.25, -0.2) is 0 Å². The molecular weight excluding hydrogens is 485 g/mol. The van der Waals surface area contributed by atoms with Crippen molar-refractivity contribution in [2.75, 3.05) is 0 Å². The molecule has 0 N–H and O–H groups in total. The molecule has 0 saturated heterocycles. The van der Waals surface area contributed by atoms with Crippen LogP contribution in [-0.4, -0.2) is 21.3 Å². The summed E-state index contributed by atoms with van der Waals surface area (Å²) in [5, 5.41) is 0. The molecule has 0 heterocycles. The molecule has 6 aliphatic carbocycles. The third kappa shape index (κ3) is 4.01. The van der Waals surface area contributed by atoms with E-state index in [1.54, 1.807) is 154 Å². The minimum atomic E-state index is -2.13. The van der Waals surface area contributed by atoms with Crippen molar-refractivity contribution in [2.45, 2.75) is 196 Å². The molecule has 6 aliphatic rings. The zero-order valence-electron chi connectivity index (χ0n) is 23.0. The normalized spacial score (nSPS) is 31.0. The van der Waals surface area contributed by atoms with E-state index < -0.39 is 21.3 Å². The Hall–Kier alpha value is 0.760. The van der Waals surface area contributed by atoms with Gasteiger partial charge in [0.05, 0.1) is 0 Å². The number of hydrogen-bond donors (Lipinski definition) is 0. The first kappa shape index (κ1) is 25.1. The van der Waals surface area contributed by atoms with Gasteiger partial charge in [-0.05, 0) is 0 Å². The van der Waals surface area contributed by atoms with Crippen LogP contribution < -0.4 is 0 Å². The van der Waals surface area contributed by atoms with Crippen LogP contribution in [0.1, 0.15) is 161 Å². The van der Waals surface area contributed by atoms with E-state index in [2.05, 4.69) is 6.92 Å². The second-order valence-electron chi connectivity index (χ2n) is 14.6. The summed E-state index contributed by atoms with van der Waals surface area (Å²) in [7, 11) is -1.35. The van der Waals surface area contributed by atoms with Gasteiger partial charge in [0, 0.05) is 0 Å². The summed E-state index contributed by atoms with van der Waals surface area (Å²) in [5.41, 5.74) is 3.80. The second-order valence-corrected chi connectivity index (χ2v) is 32.3. The Morgan fingerprint density at radius 2 is 0.647 bits per heavy atom. The van der Waals surface area contributed by atoms with E-state index in [-0.39, 0.29) is 0 Å². The quantitative estimate of drug-likeness (QED) is 0.267. The summed E-state index contributed by atoms with van der Waals surface area (Å²) in [5.74, 6) is 0.